The zero-order chi connectivity index (χ0) is 21.0. The van der Waals surface area contributed by atoms with Gasteiger partial charge in [-0.15, -0.1) is 0 Å². The number of aryl methyl sites for hydroxylation is 1. The molecule has 156 valence electrons. The van der Waals surface area contributed by atoms with Gasteiger partial charge in [-0.1, -0.05) is 24.6 Å². The zero-order valence-electron chi connectivity index (χ0n) is 17.2. The van der Waals surface area contributed by atoms with Crippen molar-refractivity contribution in [3.8, 4) is 5.75 Å². The molecule has 1 fully saturated rings. The van der Waals surface area contributed by atoms with Gasteiger partial charge < -0.3 is 9.64 Å². The van der Waals surface area contributed by atoms with E-state index in [1.54, 1.807) is 29.2 Å². The van der Waals surface area contributed by atoms with Gasteiger partial charge in [0.25, 0.3) is 10.0 Å². The summed E-state index contributed by atoms with van der Waals surface area (Å²) in [4.78, 5) is 14.9. The molecule has 0 aromatic heterocycles. The molecule has 0 N–H and O–H groups in total. The van der Waals surface area contributed by atoms with Crippen LogP contribution >= 0.6 is 0 Å². The van der Waals surface area contributed by atoms with Gasteiger partial charge in [-0.2, -0.15) is 0 Å². The summed E-state index contributed by atoms with van der Waals surface area (Å²) >= 11 is 0. The first-order valence-corrected chi connectivity index (χ1v) is 11.3. The number of sulfonamides is 1. The zero-order valence-corrected chi connectivity index (χ0v) is 18.0. The third-order valence-electron chi connectivity index (χ3n) is 5.26. The number of piperidine rings is 1. The van der Waals surface area contributed by atoms with Crippen molar-refractivity contribution in [3.63, 3.8) is 0 Å². The van der Waals surface area contributed by atoms with Crippen LogP contribution in [0.25, 0.3) is 0 Å². The molecule has 1 saturated heterocycles. The Morgan fingerprint density at radius 1 is 1.14 bits per heavy atom. The van der Waals surface area contributed by atoms with Crippen molar-refractivity contribution >= 4 is 21.6 Å². The van der Waals surface area contributed by atoms with E-state index in [0.29, 0.717) is 30.4 Å². The number of carbonyl (C=O) groups excluding carboxylic acids is 1. The number of benzene rings is 2. The molecule has 2 aromatic carbocycles. The van der Waals surface area contributed by atoms with Gasteiger partial charge in [0, 0.05) is 13.1 Å². The number of amides is 1. The van der Waals surface area contributed by atoms with Crippen LogP contribution in [0.2, 0.25) is 0 Å². The summed E-state index contributed by atoms with van der Waals surface area (Å²) in [6.07, 6.45) is 2.04. The lowest BCUT2D eigenvalue weighted by Gasteiger charge is -2.33. The van der Waals surface area contributed by atoms with Gasteiger partial charge in [0.1, 0.15) is 12.3 Å². The second kappa shape index (κ2) is 8.86. The average Bonchev–Trinajstić information content (AvgIpc) is 2.72. The Morgan fingerprint density at radius 2 is 1.79 bits per heavy atom. The Hall–Kier alpha value is -2.54. The van der Waals surface area contributed by atoms with Gasteiger partial charge in [-0.25, -0.2) is 8.42 Å². The molecule has 29 heavy (non-hydrogen) atoms. The third kappa shape index (κ3) is 4.90. The molecule has 3 rings (SSSR count). The minimum atomic E-state index is -3.91. The second-order valence-corrected chi connectivity index (χ2v) is 9.47. The monoisotopic (exact) mass is 416 g/mol. The van der Waals surface area contributed by atoms with Crippen molar-refractivity contribution in [1.82, 2.24) is 4.90 Å². The third-order valence-corrected chi connectivity index (χ3v) is 7.05. The summed E-state index contributed by atoms with van der Waals surface area (Å²) < 4.78 is 33.2. The first-order chi connectivity index (χ1) is 13.8. The van der Waals surface area contributed by atoms with E-state index < -0.39 is 10.0 Å². The summed E-state index contributed by atoms with van der Waals surface area (Å²) in [5.41, 5.74) is 1.50. The number of hydrogen-bond donors (Lipinski definition) is 0. The molecule has 1 aliphatic heterocycles. The predicted molar refractivity (Wildman–Crippen MR) is 114 cm³/mol. The number of anilines is 1. The molecule has 0 aliphatic carbocycles. The van der Waals surface area contributed by atoms with E-state index in [0.717, 1.165) is 18.4 Å². The molecular weight excluding hydrogens is 388 g/mol. The van der Waals surface area contributed by atoms with Crippen LogP contribution in [0.3, 0.4) is 0 Å². The van der Waals surface area contributed by atoms with Gasteiger partial charge >= 0.3 is 0 Å². The largest absolute Gasteiger partial charge is 0.497 e. The fourth-order valence-corrected chi connectivity index (χ4v) is 4.95. The van der Waals surface area contributed by atoms with Crippen LogP contribution < -0.4 is 9.04 Å². The molecule has 1 heterocycles. The Balaban J connectivity index is 1.93. The standard InChI is InChI=1S/C22H28N2O4S/c1-17-6-8-19(9-7-17)24(16-22(25)23-14-4-5-18(2)15-23)29(26,27)21-12-10-20(28-3)11-13-21/h6-13,18H,4-5,14-16H2,1-3H3/t18-/m0/s1. The van der Waals surface area contributed by atoms with Crippen LogP contribution in [0.15, 0.2) is 53.4 Å². The molecule has 7 heteroatoms. The molecule has 2 aromatic rings. The highest BCUT2D eigenvalue weighted by molar-refractivity contribution is 7.92. The smallest absolute Gasteiger partial charge is 0.264 e. The highest BCUT2D eigenvalue weighted by Crippen LogP contribution is 2.26. The van der Waals surface area contributed by atoms with Crippen LogP contribution in [0, 0.1) is 12.8 Å². The van der Waals surface area contributed by atoms with Crippen molar-refractivity contribution in [2.75, 3.05) is 31.0 Å². The number of carbonyl (C=O) groups is 1. The van der Waals surface area contributed by atoms with Crippen molar-refractivity contribution in [2.45, 2.75) is 31.6 Å². The topological polar surface area (TPSA) is 66.9 Å². The molecule has 0 saturated carbocycles. The molecule has 0 radical (unpaired) electrons. The SMILES string of the molecule is COc1ccc(S(=O)(=O)N(CC(=O)N2CCC[C@H](C)C2)c2ccc(C)cc2)cc1. The van der Waals surface area contributed by atoms with Crippen molar-refractivity contribution < 1.29 is 17.9 Å². The number of methoxy groups -OCH3 is 1. The van der Waals surface area contributed by atoms with E-state index in [1.165, 1.54) is 23.5 Å². The van der Waals surface area contributed by atoms with Crippen molar-refractivity contribution in [1.29, 1.82) is 0 Å². The first kappa shape index (κ1) is 21.2. The Bertz CT molecular complexity index is 940. The summed E-state index contributed by atoms with van der Waals surface area (Å²) in [6, 6.07) is 13.4. The Morgan fingerprint density at radius 3 is 2.38 bits per heavy atom. The number of nitrogens with zero attached hydrogens (tertiary/aromatic N) is 2. The highest BCUT2D eigenvalue weighted by Gasteiger charge is 2.30. The normalized spacial score (nSPS) is 17.1. The van der Waals surface area contributed by atoms with E-state index in [9.17, 15) is 13.2 Å². The van der Waals surface area contributed by atoms with Gasteiger partial charge in [-0.3, -0.25) is 9.10 Å². The minimum absolute atomic E-state index is 0.124. The van der Waals surface area contributed by atoms with E-state index in [4.69, 9.17) is 4.74 Å². The lowest BCUT2D eigenvalue weighted by atomic mass is 10.0. The van der Waals surface area contributed by atoms with Gasteiger partial charge in [0.15, 0.2) is 0 Å². The molecule has 6 nitrogen and oxygen atoms in total. The van der Waals surface area contributed by atoms with Crippen LogP contribution in [0.1, 0.15) is 25.3 Å². The molecule has 1 atom stereocenters. The molecular formula is C22H28N2O4S. The lowest BCUT2D eigenvalue weighted by Crippen LogP contribution is -2.46. The quantitative estimate of drug-likeness (QED) is 0.723. The molecule has 1 aliphatic rings. The predicted octanol–water partition coefficient (Wildman–Crippen LogP) is 3.46. The Kier molecular flexibility index (Phi) is 6.47. The van der Waals surface area contributed by atoms with E-state index >= 15 is 0 Å². The van der Waals surface area contributed by atoms with Gasteiger partial charge in [-0.05, 0) is 62.1 Å². The van der Waals surface area contributed by atoms with Crippen LogP contribution in [0.5, 0.6) is 5.75 Å². The second-order valence-electron chi connectivity index (χ2n) is 7.61. The number of hydrogen-bond acceptors (Lipinski definition) is 4. The molecule has 0 unspecified atom stereocenters. The van der Waals surface area contributed by atoms with Gasteiger partial charge in [0.2, 0.25) is 5.91 Å². The number of ether oxygens (including phenoxy) is 1. The molecule has 0 spiro atoms. The summed E-state index contributed by atoms with van der Waals surface area (Å²) in [6.45, 7) is 5.18. The maximum Gasteiger partial charge on any atom is 0.264 e. The summed E-state index contributed by atoms with van der Waals surface area (Å²) in [5.74, 6) is 0.831. The van der Waals surface area contributed by atoms with E-state index in [1.807, 2.05) is 19.1 Å². The summed E-state index contributed by atoms with van der Waals surface area (Å²) in [5, 5.41) is 0. The first-order valence-electron chi connectivity index (χ1n) is 9.82. The fourth-order valence-electron chi connectivity index (χ4n) is 3.54. The maximum atomic E-state index is 13.4. The van der Waals surface area contributed by atoms with Crippen molar-refractivity contribution in [3.05, 3.63) is 54.1 Å². The Labute approximate surface area is 173 Å². The maximum absolute atomic E-state index is 13.4. The number of likely N-dealkylation sites (tertiary alicyclic amines) is 1. The minimum Gasteiger partial charge on any atom is -0.497 e. The van der Waals surface area contributed by atoms with E-state index in [-0.39, 0.29) is 17.3 Å². The average molecular weight is 417 g/mol. The fraction of sp³-hybridized carbons (Fsp3) is 0.409. The van der Waals surface area contributed by atoms with Crippen LogP contribution in [0.4, 0.5) is 5.69 Å². The lowest BCUT2D eigenvalue weighted by molar-refractivity contribution is -0.131. The molecule has 0 bridgehead atoms. The number of rotatable bonds is 6. The van der Waals surface area contributed by atoms with Crippen LogP contribution in [-0.2, 0) is 14.8 Å². The summed E-state index contributed by atoms with van der Waals surface area (Å²) in [7, 11) is -2.38. The van der Waals surface area contributed by atoms with Crippen LogP contribution in [-0.4, -0.2) is 46.0 Å². The van der Waals surface area contributed by atoms with Gasteiger partial charge in [0.05, 0.1) is 17.7 Å². The van der Waals surface area contributed by atoms with Crippen molar-refractivity contribution in [2.24, 2.45) is 5.92 Å². The van der Waals surface area contributed by atoms with E-state index in [2.05, 4.69) is 6.92 Å². The highest BCUT2D eigenvalue weighted by atomic mass is 32.2. The molecule has 1 amide bonds.